The van der Waals surface area contributed by atoms with E-state index in [-0.39, 0.29) is 30.5 Å². The third-order valence-electron chi connectivity index (χ3n) is 4.43. The number of furan rings is 1. The van der Waals surface area contributed by atoms with Crippen LogP contribution in [0.2, 0.25) is 0 Å². The van der Waals surface area contributed by atoms with Crippen molar-refractivity contribution in [2.75, 3.05) is 6.54 Å². The Labute approximate surface area is 149 Å². The highest BCUT2D eigenvalue weighted by Gasteiger charge is 2.23. The molecular formula is C19H20F2N2O3. The number of benzene rings is 1. The normalized spacial score (nSPS) is 16.0. The molecule has 0 spiro atoms. The maximum atomic E-state index is 13.5. The first kappa shape index (κ1) is 18.1. The van der Waals surface area contributed by atoms with Crippen LogP contribution in [-0.4, -0.2) is 18.4 Å². The molecule has 0 bridgehead atoms. The second kappa shape index (κ2) is 8.12. The van der Waals surface area contributed by atoms with Crippen LogP contribution in [0.5, 0.6) is 0 Å². The van der Waals surface area contributed by atoms with Crippen molar-refractivity contribution in [3.8, 4) is 0 Å². The zero-order valence-electron chi connectivity index (χ0n) is 14.2. The molecule has 0 saturated carbocycles. The maximum Gasteiger partial charge on any atom is 0.254 e. The van der Waals surface area contributed by atoms with Crippen LogP contribution in [0.3, 0.4) is 0 Å². The van der Waals surface area contributed by atoms with Crippen molar-refractivity contribution in [1.29, 1.82) is 0 Å². The molecule has 7 heteroatoms. The van der Waals surface area contributed by atoms with E-state index in [2.05, 4.69) is 10.6 Å². The summed E-state index contributed by atoms with van der Waals surface area (Å²) in [5.41, 5.74) is 0.815. The number of hydrogen-bond donors (Lipinski definition) is 2. The molecule has 2 aromatic rings. The number of carbonyl (C=O) groups is 2. The lowest BCUT2D eigenvalue weighted by molar-refractivity contribution is -0.122. The van der Waals surface area contributed by atoms with E-state index >= 15 is 0 Å². The number of aryl methyl sites for hydroxylation is 1. The number of amides is 2. The molecule has 0 aliphatic heterocycles. The highest BCUT2D eigenvalue weighted by atomic mass is 19.1. The molecule has 1 aliphatic rings. The fourth-order valence-electron chi connectivity index (χ4n) is 3.12. The average Bonchev–Trinajstić information content (AvgIpc) is 3.08. The van der Waals surface area contributed by atoms with Crippen molar-refractivity contribution in [2.45, 2.75) is 38.1 Å². The molecule has 2 amide bonds. The summed E-state index contributed by atoms with van der Waals surface area (Å²) in [6.45, 7) is 0.227. The van der Waals surface area contributed by atoms with Crippen LogP contribution < -0.4 is 10.6 Å². The predicted molar refractivity (Wildman–Crippen MR) is 90.5 cm³/mol. The molecule has 1 atom stereocenters. The minimum atomic E-state index is -0.909. The summed E-state index contributed by atoms with van der Waals surface area (Å²) in [6.07, 6.45) is 5.03. The van der Waals surface area contributed by atoms with Crippen LogP contribution >= 0.6 is 0 Å². The summed E-state index contributed by atoms with van der Waals surface area (Å²) in [5, 5.41) is 5.52. The van der Waals surface area contributed by atoms with Gasteiger partial charge in [0, 0.05) is 31.0 Å². The minimum absolute atomic E-state index is 0.0343. The second-order valence-electron chi connectivity index (χ2n) is 6.30. The van der Waals surface area contributed by atoms with Crippen LogP contribution in [0.4, 0.5) is 8.78 Å². The summed E-state index contributed by atoms with van der Waals surface area (Å²) in [5.74, 6) is -1.45. The number of nitrogens with one attached hydrogen (secondary N) is 2. The van der Waals surface area contributed by atoms with Gasteiger partial charge < -0.3 is 15.1 Å². The SMILES string of the molecule is O=C(CCCNC(=O)c1ccc(F)cc1F)NC1CCCc2occc21. The van der Waals surface area contributed by atoms with Gasteiger partial charge in [-0.2, -0.15) is 0 Å². The Morgan fingerprint density at radius 2 is 2.08 bits per heavy atom. The molecule has 2 N–H and O–H groups in total. The molecule has 3 rings (SSSR count). The Morgan fingerprint density at radius 3 is 2.88 bits per heavy atom. The van der Waals surface area contributed by atoms with Gasteiger partial charge in [-0.05, 0) is 37.5 Å². The highest BCUT2D eigenvalue weighted by Crippen LogP contribution is 2.30. The second-order valence-corrected chi connectivity index (χ2v) is 6.30. The Balaban J connectivity index is 1.41. The zero-order valence-corrected chi connectivity index (χ0v) is 14.2. The smallest absolute Gasteiger partial charge is 0.254 e. The molecule has 1 aliphatic carbocycles. The zero-order chi connectivity index (χ0) is 18.5. The fourth-order valence-corrected chi connectivity index (χ4v) is 3.12. The van der Waals surface area contributed by atoms with E-state index in [1.165, 1.54) is 0 Å². The molecule has 0 saturated heterocycles. The Morgan fingerprint density at radius 1 is 1.23 bits per heavy atom. The van der Waals surface area contributed by atoms with Crippen LogP contribution in [0, 0.1) is 11.6 Å². The first-order valence-corrected chi connectivity index (χ1v) is 8.63. The minimum Gasteiger partial charge on any atom is -0.469 e. The number of halogens is 2. The largest absolute Gasteiger partial charge is 0.469 e. The third-order valence-corrected chi connectivity index (χ3v) is 4.43. The van der Waals surface area contributed by atoms with Crippen molar-refractivity contribution in [3.63, 3.8) is 0 Å². The standard InChI is InChI=1S/C19H20F2N2O3/c20-12-6-7-13(15(21)11-12)19(25)22-9-2-5-18(24)23-16-3-1-4-17-14(16)8-10-26-17/h6-8,10-11,16H,1-5,9H2,(H,22,25)(H,23,24). The first-order chi connectivity index (χ1) is 12.5. The van der Waals surface area contributed by atoms with E-state index in [1.54, 1.807) is 6.26 Å². The molecule has 5 nitrogen and oxygen atoms in total. The average molecular weight is 362 g/mol. The lowest BCUT2D eigenvalue weighted by Gasteiger charge is -2.22. The van der Waals surface area contributed by atoms with Crippen molar-refractivity contribution < 1.29 is 22.8 Å². The van der Waals surface area contributed by atoms with Gasteiger partial charge in [-0.1, -0.05) is 0 Å². The number of carbonyl (C=O) groups excluding carboxylic acids is 2. The van der Waals surface area contributed by atoms with E-state index in [4.69, 9.17) is 4.42 Å². The molecule has 1 aromatic heterocycles. The van der Waals surface area contributed by atoms with Crippen molar-refractivity contribution >= 4 is 11.8 Å². The summed E-state index contributed by atoms with van der Waals surface area (Å²) in [4.78, 5) is 24.0. The molecule has 138 valence electrons. The molecule has 1 aromatic carbocycles. The summed E-state index contributed by atoms with van der Waals surface area (Å²) in [6, 6.07) is 4.64. The van der Waals surface area contributed by atoms with Gasteiger partial charge in [-0.25, -0.2) is 8.78 Å². The van der Waals surface area contributed by atoms with E-state index in [9.17, 15) is 18.4 Å². The number of rotatable bonds is 6. The van der Waals surface area contributed by atoms with Gasteiger partial charge in [0.1, 0.15) is 17.4 Å². The number of fused-ring (bicyclic) bond motifs is 1. The Bertz CT molecular complexity index is 804. The van der Waals surface area contributed by atoms with Crippen LogP contribution in [-0.2, 0) is 11.2 Å². The Hall–Kier alpha value is -2.70. The molecule has 0 radical (unpaired) electrons. The molecular weight excluding hydrogens is 342 g/mol. The number of hydrogen-bond acceptors (Lipinski definition) is 3. The van der Waals surface area contributed by atoms with Gasteiger partial charge >= 0.3 is 0 Å². The van der Waals surface area contributed by atoms with E-state index in [0.717, 1.165) is 42.7 Å². The fraction of sp³-hybridized carbons (Fsp3) is 0.368. The van der Waals surface area contributed by atoms with Gasteiger partial charge in [0.25, 0.3) is 5.91 Å². The van der Waals surface area contributed by atoms with Gasteiger partial charge in [-0.15, -0.1) is 0 Å². The van der Waals surface area contributed by atoms with Gasteiger partial charge in [-0.3, -0.25) is 9.59 Å². The van der Waals surface area contributed by atoms with E-state index in [0.29, 0.717) is 12.5 Å². The topological polar surface area (TPSA) is 71.3 Å². The molecule has 26 heavy (non-hydrogen) atoms. The summed E-state index contributed by atoms with van der Waals surface area (Å²) in [7, 11) is 0. The predicted octanol–water partition coefficient (Wildman–Crippen LogP) is 3.26. The third kappa shape index (κ3) is 4.28. The highest BCUT2D eigenvalue weighted by molar-refractivity contribution is 5.94. The molecule has 1 heterocycles. The lowest BCUT2D eigenvalue weighted by atomic mass is 9.93. The monoisotopic (exact) mass is 362 g/mol. The van der Waals surface area contributed by atoms with Crippen molar-refractivity contribution in [2.24, 2.45) is 0 Å². The maximum absolute atomic E-state index is 13.5. The van der Waals surface area contributed by atoms with Crippen LogP contribution in [0.15, 0.2) is 34.9 Å². The van der Waals surface area contributed by atoms with Crippen molar-refractivity contribution in [3.05, 3.63) is 59.1 Å². The van der Waals surface area contributed by atoms with Gasteiger partial charge in [0.2, 0.25) is 5.91 Å². The first-order valence-electron chi connectivity index (χ1n) is 8.63. The van der Waals surface area contributed by atoms with E-state index in [1.807, 2.05) is 6.07 Å². The molecule has 1 unspecified atom stereocenters. The van der Waals surface area contributed by atoms with Crippen LogP contribution in [0.1, 0.15) is 53.4 Å². The lowest BCUT2D eigenvalue weighted by Crippen LogP contribution is -2.31. The molecule has 0 fully saturated rings. The van der Waals surface area contributed by atoms with Gasteiger partial charge in [0.05, 0.1) is 17.9 Å². The van der Waals surface area contributed by atoms with Crippen molar-refractivity contribution in [1.82, 2.24) is 10.6 Å². The summed E-state index contributed by atoms with van der Waals surface area (Å²) < 4.78 is 31.8. The van der Waals surface area contributed by atoms with Crippen LogP contribution in [0.25, 0.3) is 0 Å². The Kier molecular flexibility index (Phi) is 5.65. The van der Waals surface area contributed by atoms with Gasteiger partial charge in [0.15, 0.2) is 0 Å². The summed E-state index contributed by atoms with van der Waals surface area (Å²) >= 11 is 0. The van der Waals surface area contributed by atoms with E-state index < -0.39 is 17.5 Å². The quantitative estimate of drug-likeness (QED) is 0.775.